The van der Waals surface area contributed by atoms with Gasteiger partial charge >= 0.3 is 0 Å². The van der Waals surface area contributed by atoms with Crippen LogP contribution in [-0.4, -0.2) is 0 Å². The van der Waals surface area contributed by atoms with Crippen LogP contribution in [0.2, 0.25) is 0 Å². The van der Waals surface area contributed by atoms with E-state index in [1.807, 2.05) is 84.9 Å². The summed E-state index contributed by atoms with van der Waals surface area (Å²) in [5, 5.41) is 5.08. The Morgan fingerprint density at radius 1 is 0.378 bits per heavy atom. The van der Waals surface area contributed by atoms with Crippen LogP contribution in [0.25, 0.3) is 88.0 Å². The first-order chi connectivity index (χ1) is 26.1. The molecule has 0 amide bonds. The van der Waals surface area contributed by atoms with Crippen molar-refractivity contribution in [3.05, 3.63) is 170 Å². The Bertz CT molecular complexity index is 2930. The second-order valence-electron chi connectivity index (χ2n) is 11.0. The molecule has 0 aliphatic carbocycles. The van der Waals surface area contributed by atoms with Gasteiger partial charge in [-0.3, -0.25) is 0 Å². The summed E-state index contributed by atoms with van der Waals surface area (Å²) in [6.07, 6.45) is 0. The van der Waals surface area contributed by atoms with Gasteiger partial charge in [-0.25, -0.2) is 0 Å². The molecule has 1 heterocycles. The smallest absolute Gasteiger partial charge is 0.136 e. The molecule has 1 nitrogen and oxygen atoms in total. The predicted molar refractivity (Wildman–Crippen MR) is 190 cm³/mol. The Hall–Kier alpha value is -5.92. The lowest BCUT2D eigenvalue weighted by Crippen LogP contribution is -1.92. The molecule has 1 heteroatoms. The van der Waals surface area contributed by atoms with Gasteiger partial charge in [0.15, 0.2) is 0 Å². The van der Waals surface area contributed by atoms with Gasteiger partial charge in [-0.05, 0) is 84.3 Å². The van der Waals surface area contributed by atoms with E-state index in [0.29, 0.717) is 16.3 Å². The van der Waals surface area contributed by atoms with Crippen LogP contribution in [0.5, 0.6) is 0 Å². The molecule has 0 N–H and O–H groups in total. The topological polar surface area (TPSA) is 13.1 Å². The largest absolute Gasteiger partial charge is 0.456 e. The van der Waals surface area contributed by atoms with Gasteiger partial charge in [0.25, 0.3) is 0 Å². The highest BCUT2D eigenvalue weighted by Gasteiger charge is 2.20. The highest BCUT2D eigenvalue weighted by Crippen LogP contribution is 2.46. The molecule has 45 heavy (non-hydrogen) atoms. The van der Waals surface area contributed by atoms with E-state index in [9.17, 15) is 2.74 Å². The van der Waals surface area contributed by atoms with Crippen LogP contribution in [0.4, 0.5) is 0 Å². The fraction of sp³-hybridized carbons (Fsp3) is 0. The second-order valence-corrected chi connectivity index (χ2v) is 11.0. The molecule has 0 aliphatic heterocycles. The number of hydrogen-bond acceptors (Lipinski definition) is 1. The Labute approximate surface area is 274 Å². The third-order valence-electron chi connectivity index (χ3n) is 8.41. The minimum atomic E-state index is -0.615. The summed E-state index contributed by atoms with van der Waals surface area (Å²) in [7, 11) is 0. The number of para-hydroxylation sites is 1. The van der Waals surface area contributed by atoms with E-state index in [0.717, 1.165) is 55.0 Å². The third kappa shape index (κ3) is 4.17. The van der Waals surface area contributed by atoms with Crippen LogP contribution in [0.3, 0.4) is 0 Å². The maximum Gasteiger partial charge on any atom is 0.136 e. The molecular formula is C44H28O. The maximum atomic E-state index is 9.33. The monoisotopic (exact) mass is 581 g/mol. The number of furan rings is 1. The lowest BCUT2D eigenvalue weighted by Gasteiger charge is -2.18. The molecule has 0 radical (unpaired) electrons. The van der Waals surface area contributed by atoms with Gasteiger partial charge in [0, 0.05) is 10.8 Å². The quantitative estimate of drug-likeness (QED) is 0.188. The summed E-state index contributed by atoms with van der Waals surface area (Å²) in [6.45, 7) is 0. The summed E-state index contributed by atoms with van der Waals surface area (Å²) in [6, 6.07) is 33.0. The van der Waals surface area contributed by atoms with E-state index in [1.54, 1.807) is 0 Å². The van der Waals surface area contributed by atoms with E-state index in [4.69, 9.17) is 14.0 Å². The van der Waals surface area contributed by atoms with E-state index < -0.39 is 42.3 Å². The van der Waals surface area contributed by atoms with Crippen LogP contribution in [0, 0.1) is 0 Å². The van der Waals surface area contributed by atoms with Gasteiger partial charge in [0.2, 0.25) is 0 Å². The summed E-state index contributed by atoms with van der Waals surface area (Å²) in [4.78, 5) is 0. The van der Waals surface area contributed by atoms with Crippen molar-refractivity contribution < 1.29 is 16.8 Å². The SMILES string of the molecule is [2H]c1c([2H])c([2H])c(-c2c([2H])c([2H])c(-c3c4ccccc4c(-c4cc(-c5ccccc5)c5c(c4)oc4ccccc45)c4ccccc34)c([2H])c2[2H])c([2H])c1[2H]. The van der Waals surface area contributed by atoms with E-state index in [2.05, 4.69) is 30.3 Å². The molecule has 9 aromatic rings. The molecule has 0 spiro atoms. The molecule has 0 fully saturated rings. The Kier molecular flexibility index (Phi) is 4.15. The highest BCUT2D eigenvalue weighted by atomic mass is 16.3. The van der Waals surface area contributed by atoms with Crippen LogP contribution in [0.1, 0.15) is 12.3 Å². The average Bonchev–Trinajstić information content (AvgIpc) is 3.58. The number of rotatable bonds is 4. The van der Waals surface area contributed by atoms with Crippen molar-refractivity contribution in [2.24, 2.45) is 0 Å². The number of fused-ring (bicyclic) bond motifs is 5. The standard InChI is InChI=1S/C44H28O/c1-3-13-29(14-4-1)30-23-25-32(26-24-30)42-34-17-7-9-19-36(34)43(37-20-10-8-18-35(37)42)33-27-39(31-15-5-2-6-16-31)44-38-21-11-12-22-40(38)45-41(44)28-33/h1-28H/i1D,3D,4D,13D,14D,23D,24D,25D,26D. The zero-order valence-electron chi connectivity index (χ0n) is 32.9. The molecule has 0 bridgehead atoms. The van der Waals surface area contributed by atoms with Crippen LogP contribution >= 0.6 is 0 Å². The first-order valence-corrected chi connectivity index (χ1v) is 14.7. The van der Waals surface area contributed by atoms with Gasteiger partial charge in [-0.2, -0.15) is 0 Å². The maximum absolute atomic E-state index is 9.33. The molecule has 0 saturated carbocycles. The lowest BCUT2D eigenvalue weighted by atomic mass is 9.84. The van der Waals surface area contributed by atoms with E-state index in [1.165, 1.54) is 0 Å². The Morgan fingerprint density at radius 2 is 0.889 bits per heavy atom. The Morgan fingerprint density at radius 3 is 1.53 bits per heavy atom. The number of hydrogen-bond donors (Lipinski definition) is 0. The zero-order chi connectivity index (χ0) is 37.6. The van der Waals surface area contributed by atoms with Gasteiger partial charge in [0.1, 0.15) is 11.2 Å². The molecule has 0 saturated heterocycles. The van der Waals surface area contributed by atoms with Crippen molar-refractivity contribution in [2.45, 2.75) is 0 Å². The van der Waals surface area contributed by atoms with Gasteiger partial charge in [0.05, 0.1) is 12.3 Å². The average molecular weight is 582 g/mol. The summed E-state index contributed by atoms with van der Waals surface area (Å²) in [5.74, 6) is 0. The van der Waals surface area contributed by atoms with Gasteiger partial charge < -0.3 is 4.42 Å². The number of benzene rings is 8. The molecule has 8 aromatic carbocycles. The van der Waals surface area contributed by atoms with Crippen molar-refractivity contribution in [1.29, 1.82) is 0 Å². The zero-order valence-corrected chi connectivity index (χ0v) is 23.9. The van der Waals surface area contributed by atoms with E-state index >= 15 is 0 Å². The van der Waals surface area contributed by atoms with Crippen molar-refractivity contribution >= 4 is 43.5 Å². The minimum Gasteiger partial charge on any atom is -0.456 e. The van der Waals surface area contributed by atoms with Gasteiger partial charge in [-0.1, -0.05) is 151 Å². The van der Waals surface area contributed by atoms with Crippen molar-refractivity contribution in [1.82, 2.24) is 0 Å². The van der Waals surface area contributed by atoms with Crippen LogP contribution in [-0.2, 0) is 0 Å². The summed E-state index contributed by atoms with van der Waals surface area (Å²) in [5.41, 5.74) is 5.20. The first-order valence-electron chi connectivity index (χ1n) is 19.2. The Balaban J connectivity index is 1.38. The van der Waals surface area contributed by atoms with Crippen LogP contribution in [0.15, 0.2) is 174 Å². The molecule has 1 aromatic heterocycles. The molecule has 0 atom stereocenters. The highest BCUT2D eigenvalue weighted by molar-refractivity contribution is 6.23. The molecule has 0 unspecified atom stereocenters. The molecule has 9 rings (SSSR count). The minimum absolute atomic E-state index is 0.0535. The molecular weight excluding hydrogens is 544 g/mol. The molecule has 210 valence electrons. The summed E-state index contributed by atoms with van der Waals surface area (Å²) < 4.78 is 84.9. The van der Waals surface area contributed by atoms with Gasteiger partial charge in [-0.15, -0.1) is 0 Å². The first kappa shape index (κ1) is 18.0. The normalized spacial score (nSPS) is 14.4. The summed E-state index contributed by atoms with van der Waals surface area (Å²) >= 11 is 0. The predicted octanol–water partition coefficient (Wildman–Crippen LogP) is 12.6. The van der Waals surface area contributed by atoms with Crippen molar-refractivity contribution in [2.75, 3.05) is 0 Å². The fourth-order valence-electron chi connectivity index (χ4n) is 6.49. The molecule has 0 aliphatic rings. The van der Waals surface area contributed by atoms with Crippen molar-refractivity contribution in [3.63, 3.8) is 0 Å². The fourth-order valence-corrected chi connectivity index (χ4v) is 6.49. The van der Waals surface area contributed by atoms with Crippen LogP contribution < -0.4 is 0 Å². The lowest BCUT2D eigenvalue weighted by molar-refractivity contribution is 0.669. The third-order valence-corrected chi connectivity index (χ3v) is 8.41. The van der Waals surface area contributed by atoms with Crippen molar-refractivity contribution in [3.8, 4) is 44.5 Å². The second kappa shape index (κ2) is 10.4. The van der Waals surface area contributed by atoms with E-state index in [-0.39, 0.29) is 28.8 Å².